The first-order chi connectivity index (χ1) is 11.2. The minimum absolute atomic E-state index is 0.316. The summed E-state index contributed by atoms with van der Waals surface area (Å²) >= 11 is 1.57. The standard InChI is InChI=1S/C17H16F3NO2S/c1-11(2)24-15-6-4-3-5-14(15)16(22)21-12-7-9-13(10-8-12)23-17(18,19)20/h3-11H,1-2H3,(H,21,22). The highest BCUT2D eigenvalue weighted by Crippen LogP contribution is 2.28. The number of carbonyl (C=O) groups excluding carboxylic acids is 1. The van der Waals surface area contributed by atoms with Gasteiger partial charge in [-0.3, -0.25) is 4.79 Å². The van der Waals surface area contributed by atoms with Gasteiger partial charge in [0.1, 0.15) is 5.75 Å². The zero-order valence-electron chi connectivity index (χ0n) is 13.1. The molecule has 0 aliphatic carbocycles. The average Bonchev–Trinajstić information content (AvgIpc) is 2.47. The maximum atomic E-state index is 12.4. The van der Waals surface area contributed by atoms with E-state index in [1.54, 1.807) is 23.9 Å². The van der Waals surface area contributed by atoms with E-state index in [1.807, 2.05) is 26.0 Å². The van der Waals surface area contributed by atoms with Gasteiger partial charge in [-0.1, -0.05) is 26.0 Å². The molecular formula is C17H16F3NO2S. The number of hydrogen-bond donors (Lipinski definition) is 1. The van der Waals surface area contributed by atoms with Crippen LogP contribution in [0.15, 0.2) is 53.4 Å². The Balaban J connectivity index is 2.10. The molecule has 0 aliphatic heterocycles. The second kappa shape index (κ2) is 7.61. The molecule has 0 heterocycles. The summed E-state index contributed by atoms with van der Waals surface area (Å²) < 4.78 is 40.2. The van der Waals surface area contributed by atoms with E-state index in [0.717, 1.165) is 17.0 Å². The summed E-state index contributed by atoms with van der Waals surface area (Å²) in [6.07, 6.45) is -4.74. The quantitative estimate of drug-likeness (QED) is 0.736. The van der Waals surface area contributed by atoms with Gasteiger partial charge in [0.05, 0.1) is 5.56 Å². The lowest BCUT2D eigenvalue weighted by Crippen LogP contribution is -2.17. The fourth-order valence-electron chi connectivity index (χ4n) is 1.95. The number of anilines is 1. The molecule has 0 atom stereocenters. The smallest absolute Gasteiger partial charge is 0.406 e. The Morgan fingerprint density at radius 3 is 2.29 bits per heavy atom. The van der Waals surface area contributed by atoms with E-state index < -0.39 is 6.36 Å². The molecule has 0 saturated heterocycles. The van der Waals surface area contributed by atoms with Gasteiger partial charge < -0.3 is 10.1 Å². The van der Waals surface area contributed by atoms with E-state index in [1.165, 1.54) is 12.1 Å². The molecule has 0 spiro atoms. The van der Waals surface area contributed by atoms with Crippen LogP contribution in [0.5, 0.6) is 5.75 Å². The van der Waals surface area contributed by atoms with Crippen molar-refractivity contribution in [3.8, 4) is 5.75 Å². The zero-order chi connectivity index (χ0) is 17.7. The Morgan fingerprint density at radius 2 is 1.71 bits per heavy atom. The maximum Gasteiger partial charge on any atom is 0.573 e. The third-order valence-corrected chi connectivity index (χ3v) is 3.92. The number of hydrogen-bond acceptors (Lipinski definition) is 3. The highest BCUT2D eigenvalue weighted by molar-refractivity contribution is 8.00. The molecule has 0 unspecified atom stereocenters. The summed E-state index contributed by atoms with van der Waals surface area (Å²) in [5.41, 5.74) is 0.908. The summed E-state index contributed by atoms with van der Waals surface area (Å²) in [5.74, 6) is -0.653. The van der Waals surface area contributed by atoms with E-state index in [9.17, 15) is 18.0 Å². The molecule has 0 fully saturated rings. The molecule has 7 heteroatoms. The number of ether oxygens (including phenoxy) is 1. The molecule has 1 amide bonds. The molecule has 2 aromatic rings. The Labute approximate surface area is 142 Å². The van der Waals surface area contributed by atoms with Crippen molar-refractivity contribution in [3.05, 3.63) is 54.1 Å². The number of carbonyl (C=O) groups is 1. The molecule has 1 N–H and O–H groups in total. The third kappa shape index (κ3) is 5.49. The van der Waals surface area contributed by atoms with E-state index >= 15 is 0 Å². The highest BCUT2D eigenvalue weighted by atomic mass is 32.2. The predicted molar refractivity (Wildman–Crippen MR) is 88.5 cm³/mol. The van der Waals surface area contributed by atoms with Gasteiger partial charge in [0, 0.05) is 15.8 Å². The normalized spacial score (nSPS) is 11.4. The summed E-state index contributed by atoms with van der Waals surface area (Å²) in [6, 6.07) is 12.2. The van der Waals surface area contributed by atoms with Crippen molar-refractivity contribution in [2.75, 3.05) is 5.32 Å². The van der Waals surface area contributed by atoms with E-state index in [0.29, 0.717) is 16.5 Å². The molecule has 3 nitrogen and oxygen atoms in total. The number of thioether (sulfide) groups is 1. The van der Waals surface area contributed by atoms with Gasteiger partial charge in [0.15, 0.2) is 0 Å². The fraction of sp³-hybridized carbons (Fsp3) is 0.235. The van der Waals surface area contributed by atoms with Gasteiger partial charge in [0.2, 0.25) is 0 Å². The number of nitrogens with one attached hydrogen (secondary N) is 1. The molecule has 0 aromatic heterocycles. The number of alkyl halides is 3. The van der Waals surface area contributed by atoms with E-state index in [2.05, 4.69) is 10.1 Å². The average molecular weight is 355 g/mol. The third-order valence-electron chi connectivity index (χ3n) is 2.84. The van der Waals surface area contributed by atoms with Crippen LogP contribution in [-0.4, -0.2) is 17.5 Å². The first kappa shape index (κ1) is 18.2. The molecule has 0 bridgehead atoms. The van der Waals surface area contributed by atoms with Crippen molar-refractivity contribution >= 4 is 23.4 Å². The van der Waals surface area contributed by atoms with Crippen LogP contribution in [0.25, 0.3) is 0 Å². The van der Waals surface area contributed by atoms with E-state index in [4.69, 9.17) is 0 Å². The van der Waals surface area contributed by atoms with Crippen molar-refractivity contribution in [2.24, 2.45) is 0 Å². The van der Waals surface area contributed by atoms with Gasteiger partial charge in [-0.2, -0.15) is 0 Å². The lowest BCUT2D eigenvalue weighted by molar-refractivity contribution is -0.274. The molecule has 24 heavy (non-hydrogen) atoms. The Morgan fingerprint density at radius 1 is 1.08 bits per heavy atom. The van der Waals surface area contributed by atoms with Crippen LogP contribution in [0.3, 0.4) is 0 Å². The topological polar surface area (TPSA) is 38.3 Å². The second-order valence-corrected chi connectivity index (χ2v) is 6.81. The Bertz CT molecular complexity index is 700. The van der Waals surface area contributed by atoms with Crippen LogP contribution in [0.1, 0.15) is 24.2 Å². The molecule has 0 saturated carbocycles. The molecule has 2 rings (SSSR count). The van der Waals surface area contributed by atoms with Crippen LogP contribution in [-0.2, 0) is 0 Å². The fourth-order valence-corrected chi connectivity index (χ4v) is 2.90. The zero-order valence-corrected chi connectivity index (χ0v) is 13.9. The molecular weight excluding hydrogens is 339 g/mol. The van der Waals surface area contributed by atoms with Crippen molar-refractivity contribution < 1.29 is 22.7 Å². The van der Waals surface area contributed by atoms with Gasteiger partial charge in [0.25, 0.3) is 5.91 Å². The number of benzene rings is 2. The molecule has 0 aliphatic rings. The van der Waals surface area contributed by atoms with Crippen molar-refractivity contribution in [2.45, 2.75) is 30.4 Å². The summed E-state index contributed by atoms with van der Waals surface area (Å²) in [6.45, 7) is 4.05. The van der Waals surface area contributed by atoms with E-state index in [-0.39, 0.29) is 11.7 Å². The van der Waals surface area contributed by atoms with Crippen LogP contribution < -0.4 is 10.1 Å². The van der Waals surface area contributed by atoms with Crippen LogP contribution in [0.2, 0.25) is 0 Å². The Kier molecular flexibility index (Phi) is 5.77. The number of rotatable bonds is 5. The van der Waals surface area contributed by atoms with Gasteiger partial charge >= 0.3 is 6.36 Å². The van der Waals surface area contributed by atoms with Gasteiger partial charge in [-0.05, 0) is 36.4 Å². The van der Waals surface area contributed by atoms with Crippen LogP contribution in [0.4, 0.5) is 18.9 Å². The minimum Gasteiger partial charge on any atom is -0.406 e. The monoisotopic (exact) mass is 355 g/mol. The van der Waals surface area contributed by atoms with Crippen molar-refractivity contribution in [1.82, 2.24) is 0 Å². The molecule has 128 valence electrons. The Hall–Kier alpha value is -2.15. The first-order valence-corrected chi connectivity index (χ1v) is 8.05. The lowest BCUT2D eigenvalue weighted by atomic mass is 10.2. The second-order valence-electron chi connectivity index (χ2n) is 5.19. The van der Waals surface area contributed by atoms with Crippen molar-refractivity contribution in [1.29, 1.82) is 0 Å². The predicted octanol–water partition coefficient (Wildman–Crippen LogP) is 5.34. The maximum absolute atomic E-state index is 12.4. The summed E-state index contributed by atoms with van der Waals surface area (Å²) in [4.78, 5) is 13.2. The largest absolute Gasteiger partial charge is 0.573 e. The SMILES string of the molecule is CC(C)Sc1ccccc1C(=O)Nc1ccc(OC(F)(F)F)cc1. The number of amides is 1. The van der Waals surface area contributed by atoms with Gasteiger partial charge in [-0.15, -0.1) is 24.9 Å². The summed E-state index contributed by atoms with van der Waals surface area (Å²) in [5, 5.41) is 2.99. The molecule has 0 radical (unpaired) electrons. The van der Waals surface area contributed by atoms with Crippen LogP contribution >= 0.6 is 11.8 Å². The summed E-state index contributed by atoms with van der Waals surface area (Å²) in [7, 11) is 0. The first-order valence-electron chi connectivity index (χ1n) is 7.17. The van der Waals surface area contributed by atoms with Crippen LogP contribution in [0, 0.1) is 0 Å². The number of halogens is 3. The van der Waals surface area contributed by atoms with Crippen molar-refractivity contribution in [3.63, 3.8) is 0 Å². The van der Waals surface area contributed by atoms with Gasteiger partial charge in [-0.25, -0.2) is 0 Å². The minimum atomic E-state index is -4.74. The lowest BCUT2D eigenvalue weighted by Gasteiger charge is -2.12. The molecule has 2 aromatic carbocycles. The highest BCUT2D eigenvalue weighted by Gasteiger charge is 2.30.